The third-order valence-corrected chi connectivity index (χ3v) is 5.95. The van der Waals surface area contributed by atoms with Crippen molar-refractivity contribution in [2.75, 3.05) is 39.3 Å². The molecule has 126 valence electrons. The van der Waals surface area contributed by atoms with Crippen LogP contribution < -0.4 is 5.32 Å². The quantitative estimate of drug-likeness (QED) is 0.867. The molecule has 3 fully saturated rings. The smallest absolute Gasteiger partial charge is 0.225 e. The maximum atomic E-state index is 12.7. The highest BCUT2D eigenvalue weighted by molar-refractivity contribution is 5.79. The molecule has 0 saturated carbocycles. The van der Waals surface area contributed by atoms with Crippen molar-refractivity contribution in [3.8, 4) is 0 Å². The first-order chi connectivity index (χ1) is 10.7. The number of likely N-dealkylation sites (tertiary alicyclic amines) is 2. The van der Waals surface area contributed by atoms with Gasteiger partial charge in [0.1, 0.15) is 0 Å². The average molecular weight is 307 g/mol. The predicted octanol–water partition coefficient (Wildman–Crippen LogP) is 2.10. The largest absolute Gasteiger partial charge is 0.342 e. The monoisotopic (exact) mass is 307 g/mol. The molecule has 0 spiro atoms. The summed E-state index contributed by atoms with van der Waals surface area (Å²) in [7, 11) is 0. The van der Waals surface area contributed by atoms with Crippen molar-refractivity contribution < 1.29 is 4.79 Å². The number of nitrogens with zero attached hydrogens (tertiary/aromatic N) is 2. The molecule has 0 aromatic carbocycles. The van der Waals surface area contributed by atoms with Crippen molar-refractivity contribution in [3.05, 3.63) is 0 Å². The number of nitrogens with one attached hydrogen (secondary N) is 1. The first-order valence-electron chi connectivity index (χ1n) is 9.47. The SMILES string of the molecule is C[C@@H]1CCCCN1C[C@@H]1CCCN(C(=O)C2CCNCC2)C1. The molecule has 0 radical (unpaired) electrons. The van der Waals surface area contributed by atoms with Crippen molar-refractivity contribution in [1.29, 1.82) is 0 Å². The van der Waals surface area contributed by atoms with Gasteiger partial charge in [0.2, 0.25) is 5.91 Å². The van der Waals surface area contributed by atoms with Crippen molar-refractivity contribution in [2.24, 2.45) is 11.8 Å². The minimum absolute atomic E-state index is 0.286. The van der Waals surface area contributed by atoms with Crippen LogP contribution in [0.1, 0.15) is 51.9 Å². The molecule has 3 heterocycles. The van der Waals surface area contributed by atoms with Gasteiger partial charge in [0, 0.05) is 31.6 Å². The van der Waals surface area contributed by atoms with Crippen molar-refractivity contribution in [2.45, 2.75) is 57.9 Å². The highest BCUT2D eigenvalue weighted by atomic mass is 16.2. The second-order valence-electron chi connectivity index (χ2n) is 7.66. The molecular weight excluding hydrogens is 274 g/mol. The van der Waals surface area contributed by atoms with Gasteiger partial charge < -0.3 is 15.1 Å². The van der Waals surface area contributed by atoms with Crippen LogP contribution in [-0.2, 0) is 4.79 Å². The van der Waals surface area contributed by atoms with Gasteiger partial charge in [0.15, 0.2) is 0 Å². The summed E-state index contributed by atoms with van der Waals surface area (Å²) in [6.45, 7) is 8.87. The lowest BCUT2D eigenvalue weighted by Crippen LogP contribution is -2.49. The summed E-state index contributed by atoms with van der Waals surface area (Å²) >= 11 is 0. The Bertz CT molecular complexity index is 367. The normalized spacial score (nSPS) is 32.1. The molecule has 4 nitrogen and oxygen atoms in total. The molecule has 3 aliphatic rings. The molecule has 1 N–H and O–H groups in total. The summed E-state index contributed by atoms with van der Waals surface area (Å²) in [5.74, 6) is 1.42. The number of carbonyl (C=O) groups excluding carboxylic acids is 1. The van der Waals surface area contributed by atoms with Crippen LogP contribution in [0.15, 0.2) is 0 Å². The van der Waals surface area contributed by atoms with E-state index in [0.717, 1.165) is 45.1 Å². The molecule has 4 heteroatoms. The van der Waals surface area contributed by atoms with Crippen LogP contribution in [0, 0.1) is 11.8 Å². The van der Waals surface area contributed by atoms with Gasteiger partial charge >= 0.3 is 0 Å². The van der Waals surface area contributed by atoms with Gasteiger partial charge in [0.05, 0.1) is 0 Å². The Morgan fingerprint density at radius 3 is 2.64 bits per heavy atom. The summed E-state index contributed by atoms with van der Waals surface area (Å²) in [6, 6.07) is 0.740. The first kappa shape index (κ1) is 16.3. The van der Waals surface area contributed by atoms with Gasteiger partial charge in [-0.15, -0.1) is 0 Å². The van der Waals surface area contributed by atoms with E-state index in [1.807, 2.05) is 0 Å². The van der Waals surface area contributed by atoms with Crippen LogP contribution in [0.4, 0.5) is 0 Å². The molecule has 0 aliphatic carbocycles. The van der Waals surface area contributed by atoms with Crippen LogP contribution in [0.5, 0.6) is 0 Å². The summed E-state index contributed by atoms with van der Waals surface area (Å²) in [6.07, 6.45) is 8.66. The molecule has 3 aliphatic heterocycles. The van der Waals surface area contributed by atoms with Crippen LogP contribution in [0.2, 0.25) is 0 Å². The van der Waals surface area contributed by atoms with Gasteiger partial charge in [-0.3, -0.25) is 4.79 Å². The molecule has 0 bridgehead atoms. The molecule has 0 aromatic rings. The fraction of sp³-hybridized carbons (Fsp3) is 0.944. The van der Waals surface area contributed by atoms with Crippen molar-refractivity contribution in [1.82, 2.24) is 15.1 Å². The maximum Gasteiger partial charge on any atom is 0.225 e. The predicted molar refractivity (Wildman–Crippen MR) is 89.8 cm³/mol. The summed E-state index contributed by atoms with van der Waals surface area (Å²) in [5.41, 5.74) is 0. The van der Waals surface area contributed by atoms with E-state index in [1.54, 1.807) is 0 Å². The average Bonchev–Trinajstić information content (AvgIpc) is 2.57. The van der Waals surface area contributed by atoms with Gasteiger partial charge in [-0.2, -0.15) is 0 Å². The number of carbonyl (C=O) groups is 1. The molecule has 3 saturated heterocycles. The number of hydrogen-bond acceptors (Lipinski definition) is 3. The maximum absolute atomic E-state index is 12.7. The lowest BCUT2D eigenvalue weighted by Gasteiger charge is -2.40. The van der Waals surface area contributed by atoms with Crippen molar-refractivity contribution in [3.63, 3.8) is 0 Å². The third-order valence-electron chi connectivity index (χ3n) is 5.95. The van der Waals surface area contributed by atoms with E-state index in [2.05, 4.69) is 22.0 Å². The Hall–Kier alpha value is -0.610. The summed E-state index contributed by atoms with van der Waals surface area (Å²) < 4.78 is 0. The molecule has 0 unspecified atom stereocenters. The van der Waals surface area contributed by atoms with Gasteiger partial charge in [-0.05, 0) is 71.0 Å². The van der Waals surface area contributed by atoms with E-state index < -0.39 is 0 Å². The Morgan fingerprint density at radius 2 is 1.86 bits per heavy atom. The molecular formula is C18H33N3O. The van der Waals surface area contributed by atoms with E-state index in [0.29, 0.717) is 11.8 Å². The Morgan fingerprint density at radius 1 is 1.05 bits per heavy atom. The van der Waals surface area contributed by atoms with Crippen LogP contribution in [-0.4, -0.2) is 61.0 Å². The van der Waals surface area contributed by atoms with Crippen LogP contribution in [0.25, 0.3) is 0 Å². The van der Waals surface area contributed by atoms with Crippen LogP contribution in [0.3, 0.4) is 0 Å². The Balaban J connectivity index is 1.51. The van der Waals surface area contributed by atoms with Crippen molar-refractivity contribution >= 4 is 5.91 Å². The Labute approximate surface area is 135 Å². The number of amides is 1. The lowest BCUT2D eigenvalue weighted by atomic mass is 9.91. The number of hydrogen-bond donors (Lipinski definition) is 1. The minimum atomic E-state index is 0.286. The molecule has 2 atom stereocenters. The lowest BCUT2D eigenvalue weighted by molar-refractivity contribution is -0.138. The first-order valence-corrected chi connectivity index (χ1v) is 9.47. The topological polar surface area (TPSA) is 35.6 Å². The molecule has 22 heavy (non-hydrogen) atoms. The van der Waals surface area contributed by atoms with Gasteiger partial charge in [0.25, 0.3) is 0 Å². The zero-order valence-electron chi connectivity index (χ0n) is 14.2. The van der Waals surface area contributed by atoms with Gasteiger partial charge in [-0.25, -0.2) is 0 Å². The van der Waals surface area contributed by atoms with E-state index in [1.165, 1.54) is 45.2 Å². The summed E-state index contributed by atoms with van der Waals surface area (Å²) in [4.78, 5) is 17.6. The van der Waals surface area contributed by atoms with E-state index in [4.69, 9.17) is 0 Å². The zero-order valence-corrected chi connectivity index (χ0v) is 14.2. The highest BCUT2D eigenvalue weighted by Gasteiger charge is 2.31. The standard InChI is InChI=1S/C18H33N3O/c1-15-5-2-3-11-20(15)13-16-6-4-12-21(14-16)18(22)17-7-9-19-10-8-17/h15-17,19H,2-14H2,1H3/t15-,16+/m1/s1. The number of piperidine rings is 3. The number of rotatable bonds is 3. The second-order valence-corrected chi connectivity index (χ2v) is 7.66. The highest BCUT2D eigenvalue weighted by Crippen LogP contribution is 2.25. The summed E-state index contributed by atoms with van der Waals surface area (Å²) in [5, 5.41) is 3.36. The Kier molecular flexibility index (Phi) is 5.75. The fourth-order valence-electron chi connectivity index (χ4n) is 4.50. The van der Waals surface area contributed by atoms with E-state index in [9.17, 15) is 4.79 Å². The molecule has 1 amide bonds. The van der Waals surface area contributed by atoms with Gasteiger partial charge in [-0.1, -0.05) is 6.42 Å². The van der Waals surface area contributed by atoms with Crippen LogP contribution >= 0.6 is 0 Å². The fourth-order valence-corrected chi connectivity index (χ4v) is 4.50. The minimum Gasteiger partial charge on any atom is -0.342 e. The molecule has 3 rings (SSSR count). The molecule has 0 aromatic heterocycles. The van der Waals surface area contributed by atoms with E-state index >= 15 is 0 Å². The second kappa shape index (κ2) is 7.78. The third kappa shape index (κ3) is 4.02. The van der Waals surface area contributed by atoms with E-state index in [-0.39, 0.29) is 5.92 Å². The zero-order chi connectivity index (χ0) is 15.4.